The molecule has 0 fully saturated rings. The summed E-state index contributed by atoms with van der Waals surface area (Å²) in [5.41, 5.74) is 0. The quantitative estimate of drug-likeness (QED) is 0.304. The van der Waals surface area contributed by atoms with Gasteiger partial charge in [0.25, 0.3) is 0 Å². The molecule has 0 aromatic carbocycles. The van der Waals surface area contributed by atoms with Crippen molar-refractivity contribution in [2.24, 2.45) is 0 Å². The molecular weight excluding hydrogens is 493 g/mol. The van der Waals surface area contributed by atoms with Crippen LogP contribution in [-0.2, 0) is 19.6 Å². The van der Waals surface area contributed by atoms with Crippen molar-refractivity contribution in [3.63, 3.8) is 0 Å². The van der Waals surface area contributed by atoms with Crippen molar-refractivity contribution < 1.29 is 88.3 Å². The van der Waals surface area contributed by atoms with Gasteiger partial charge in [0.05, 0.1) is 0 Å². The lowest BCUT2D eigenvalue weighted by Crippen LogP contribution is -2.69. The second-order valence-electron chi connectivity index (χ2n) is 4.43. The summed E-state index contributed by atoms with van der Waals surface area (Å²) in [7, 11) is -7.59. The fraction of sp³-hybridized carbons (Fsp3) is 0.750. The van der Waals surface area contributed by atoms with Crippen LogP contribution in [0.1, 0.15) is 0 Å². The molecule has 1 N–H and O–H groups in total. The zero-order chi connectivity index (χ0) is 24.1. The van der Waals surface area contributed by atoms with Crippen LogP contribution in [0.2, 0.25) is 0 Å². The Morgan fingerprint density at radius 3 is 1.38 bits per heavy atom. The van der Waals surface area contributed by atoms with E-state index in [1.165, 1.54) is 4.74 Å². The number of hydrogen-bond acceptors (Lipinski definition) is 4. The summed E-state index contributed by atoms with van der Waals surface area (Å²) >= 11 is 0. The summed E-state index contributed by atoms with van der Waals surface area (Å²) in [6.45, 7) is 0. The highest BCUT2D eigenvalue weighted by Crippen LogP contribution is 2.57. The Morgan fingerprint density at radius 2 is 1.10 bits per heavy atom. The molecule has 0 amide bonds. The number of halogens is 15. The van der Waals surface area contributed by atoms with Crippen LogP contribution in [-0.4, -0.2) is 48.4 Å². The SMILES string of the molecule is O=S(=O)(O)C(F)(F)C(F)(F)OC(F)(C(F)(F)OC(F)=C(F)F)C(F)(F)C(F)(F)F. The van der Waals surface area contributed by atoms with Gasteiger partial charge in [-0.25, -0.2) is 0 Å². The maximum absolute atomic E-state index is 13.8. The Balaban J connectivity index is 6.85. The average Bonchev–Trinajstić information content (AvgIpc) is 2.42. The molecule has 0 bridgehead atoms. The first-order valence-electron chi connectivity index (χ1n) is 5.62. The van der Waals surface area contributed by atoms with E-state index in [1.807, 2.05) is 0 Å². The van der Waals surface area contributed by atoms with E-state index in [1.54, 1.807) is 4.74 Å². The van der Waals surface area contributed by atoms with Crippen LogP contribution < -0.4 is 0 Å². The molecule has 0 saturated carbocycles. The van der Waals surface area contributed by atoms with Crippen LogP contribution in [0, 0.1) is 0 Å². The van der Waals surface area contributed by atoms with Crippen LogP contribution in [0.5, 0.6) is 0 Å². The third-order valence-corrected chi connectivity index (χ3v) is 3.32. The molecule has 5 nitrogen and oxygen atoms in total. The molecule has 1 unspecified atom stereocenters. The molecule has 0 radical (unpaired) electrons. The van der Waals surface area contributed by atoms with Gasteiger partial charge in [-0.15, -0.1) is 0 Å². The number of alkyl halides is 12. The van der Waals surface area contributed by atoms with Gasteiger partial charge in [0.2, 0.25) is 0 Å². The molecule has 0 aromatic rings. The summed E-state index contributed by atoms with van der Waals surface area (Å²) in [6, 6.07) is -4.15. The molecule has 0 aliphatic heterocycles. The Hall–Kier alpha value is -1.64. The lowest BCUT2D eigenvalue weighted by atomic mass is 10.1. The normalized spacial score (nSPS) is 17.0. The number of ether oxygens (including phenoxy) is 2. The molecule has 29 heavy (non-hydrogen) atoms. The van der Waals surface area contributed by atoms with Crippen molar-refractivity contribution in [3.8, 4) is 0 Å². The molecule has 0 heterocycles. The van der Waals surface area contributed by atoms with E-state index >= 15 is 0 Å². The predicted octanol–water partition coefficient (Wildman–Crippen LogP) is 4.58. The molecular formula is C8HF15O5S. The van der Waals surface area contributed by atoms with E-state index in [0.717, 1.165) is 0 Å². The van der Waals surface area contributed by atoms with Crippen LogP contribution in [0.3, 0.4) is 0 Å². The molecule has 0 spiro atoms. The van der Waals surface area contributed by atoms with Crippen molar-refractivity contribution >= 4 is 10.1 Å². The molecule has 0 aliphatic carbocycles. The minimum absolute atomic E-state index is 1.39. The molecule has 0 saturated heterocycles. The lowest BCUT2D eigenvalue weighted by Gasteiger charge is -2.39. The van der Waals surface area contributed by atoms with Crippen molar-refractivity contribution in [3.05, 3.63) is 12.1 Å². The van der Waals surface area contributed by atoms with Gasteiger partial charge in [0, 0.05) is 0 Å². The van der Waals surface area contributed by atoms with Gasteiger partial charge in [0.15, 0.2) is 0 Å². The van der Waals surface area contributed by atoms with E-state index in [-0.39, 0.29) is 0 Å². The predicted molar refractivity (Wildman–Crippen MR) is 53.8 cm³/mol. The molecule has 0 aliphatic rings. The summed E-state index contributed by atoms with van der Waals surface area (Å²) in [6.07, 6.45) is -27.2. The Labute approximate surface area is 147 Å². The minimum atomic E-state index is -8.09. The van der Waals surface area contributed by atoms with E-state index in [0.29, 0.717) is 0 Å². The highest BCUT2D eigenvalue weighted by molar-refractivity contribution is 7.86. The van der Waals surface area contributed by atoms with Gasteiger partial charge in [0.1, 0.15) is 0 Å². The molecule has 0 rings (SSSR count). The van der Waals surface area contributed by atoms with Gasteiger partial charge in [-0.3, -0.25) is 9.29 Å². The third-order valence-electron chi connectivity index (χ3n) is 2.43. The first kappa shape index (κ1) is 27.4. The van der Waals surface area contributed by atoms with Crippen LogP contribution in [0.4, 0.5) is 65.9 Å². The van der Waals surface area contributed by atoms with Gasteiger partial charge in [-0.2, -0.15) is 74.3 Å². The van der Waals surface area contributed by atoms with Gasteiger partial charge >= 0.3 is 57.6 Å². The van der Waals surface area contributed by atoms with E-state index in [2.05, 4.69) is 0 Å². The minimum Gasteiger partial charge on any atom is -0.398 e. The van der Waals surface area contributed by atoms with Crippen LogP contribution in [0.15, 0.2) is 12.1 Å². The summed E-state index contributed by atoms with van der Waals surface area (Å²) in [4.78, 5) is 0. The highest BCUT2D eigenvalue weighted by Gasteiger charge is 2.87. The maximum Gasteiger partial charge on any atom is 0.468 e. The monoisotopic (exact) mass is 494 g/mol. The van der Waals surface area contributed by atoms with Crippen molar-refractivity contribution in [1.29, 1.82) is 0 Å². The smallest absolute Gasteiger partial charge is 0.398 e. The lowest BCUT2D eigenvalue weighted by molar-refractivity contribution is -0.518. The Kier molecular flexibility index (Phi) is 6.84. The number of rotatable bonds is 8. The Morgan fingerprint density at radius 1 is 0.724 bits per heavy atom. The molecule has 1 atom stereocenters. The first-order chi connectivity index (χ1) is 12.3. The topological polar surface area (TPSA) is 72.8 Å². The fourth-order valence-corrected chi connectivity index (χ4v) is 1.43. The molecule has 21 heteroatoms. The maximum atomic E-state index is 13.8. The summed E-state index contributed by atoms with van der Waals surface area (Å²) < 4.78 is 221. The third kappa shape index (κ3) is 4.59. The highest BCUT2D eigenvalue weighted by atomic mass is 32.2. The second kappa shape index (κ2) is 7.25. The van der Waals surface area contributed by atoms with Crippen LogP contribution >= 0.6 is 0 Å². The zero-order valence-electron chi connectivity index (χ0n) is 12.2. The van der Waals surface area contributed by atoms with Gasteiger partial charge in [-0.05, 0) is 0 Å². The second-order valence-corrected chi connectivity index (χ2v) is 5.89. The molecule has 0 aromatic heterocycles. The van der Waals surface area contributed by atoms with Crippen molar-refractivity contribution in [1.82, 2.24) is 0 Å². The summed E-state index contributed by atoms with van der Waals surface area (Å²) in [5.74, 6) is -16.1. The first-order valence-corrected chi connectivity index (χ1v) is 7.06. The van der Waals surface area contributed by atoms with Crippen molar-refractivity contribution in [2.75, 3.05) is 0 Å². The van der Waals surface area contributed by atoms with Gasteiger partial charge < -0.3 is 4.74 Å². The largest absolute Gasteiger partial charge is 0.468 e. The Bertz CT molecular complexity index is 751. The van der Waals surface area contributed by atoms with Gasteiger partial charge in [-0.1, -0.05) is 0 Å². The van der Waals surface area contributed by atoms with E-state index < -0.39 is 57.6 Å². The summed E-state index contributed by atoms with van der Waals surface area (Å²) in [5, 5.41) is -7.38. The standard InChI is InChI=1S/C8HF15O5S/c9-1(10)2(11)27-6(18,19)4(14,3(12,13)5(15,16)17)28-7(20,21)8(22,23)29(24,25)26/h(H,24,25,26). The molecule has 174 valence electrons. The van der Waals surface area contributed by atoms with Crippen LogP contribution in [0.25, 0.3) is 0 Å². The zero-order valence-corrected chi connectivity index (χ0v) is 13.0. The number of hydrogen-bond donors (Lipinski definition) is 1. The average molecular weight is 494 g/mol. The van der Waals surface area contributed by atoms with E-state index in [9.17, 15) is 74.3 Å². The fourth-order valence-electron chi connectivity index (χ4n) is 1.09. The van der Waals surface area contributed by atoms with Crippen molar-refractivity contribution in [2.45, 2.75) is 35.4 Å². The van der Waals surface area contributed by atoms with E-state index in [4.69, 9.17) is 4.55 Å².